The van der Waals surface area contributed by atoms with Crippen molar-refractivity contribution < 1.29 is 8.42 Å². The Morgan fingerprint density at radius 3 is 2.74 bits per heavy atom. The zero-order valence-corrected chi connectivity index (χ0v) is 13.2. The molecule has 7 heteroatoms. The number of rotatable bonds is 5. The molecule has 0 saturated carbocycles. The molecule has 0 aliphatic rings. The quantitative estimate of drug-likeness (QED) is 0.816. The summed E-state index contributed by atoms with van der Waals surface area (Å²) in [5.74, 6) is 0.140. The smallest absolute Gasteiger partial charge is 0.170 e. The second-order valence-electron chi connectivity index (χ2n) is 4.43. The molecule has 0 fully saturated rings. The van der Waals surface area contributed by atoms with Crippen LogP contribution in [0.3, 0.4) is 0 Å². The maximum Gasteiger partial charge on any atom is 0.170 e. The van der Waals surface area contributed by atoms with Crippen LogP contribution >= 0.6 is 23.8 Å². The van der Waals surface area contributed by atoms with Gasteiger partial charge in [-0.25, -0.2) is 8.42 Å². The third-order valence-corrected chi connectivity index (χ3v) is 3.81. The lowest BCUT2D eigenvalue weighted by molar-refractivity contribution is 0.585. The highest BCUT2D eigenvalue weighted by molar-refractivity contribution is 7.90. The predicted molar refractivity (Wildman–Crippen MR) is 84.6 cm³/mol. The zero-order chi connectivity index (χ0) is 14.5. The van der Waals surface area contributed by atoms with E-state index in [4.69, 9.17) is 23.8 Å². The molecule has 0 aliphatic heterocycles. The number of sulfone groups is 1. The van der Waals surface area contributed by atoms with Gasteiger partial charge in [0, 0.05) is 23.0 Å². The van der Waals surface area contributed by atoms with Gasteiger partial charge in [-0.3, -0.25) is 0 Å². The summed E-state index contributed by atoms with van der Waals surface area (Å²) in [4.78, 5) is 0. The van der Waals surface area contributed by atoms with E-state index in [2.05, 4.69) is 10.6 Å². The number of nitrogens with one attached hydrogen (secondary N) is 2. The first-order valence-corrected chi connectivity index (χ1v) is 8.62. The molecule has 19 heavy (non-hydrogen) atoms. The molecule has 1 aromatic rings. The molecule has 1 aromatic carbocycles. The van der Waals surface area contributed by atoms with Crippen molar-refractivity contribution in [1.29, 1.82) is 0 Å². The standard InChI is InChI=1S/C12H17ClN2O2S2/c1-9(6-7-19(2,16)17)14-12(18)15-11-5-3-4-10(13)8-11/h3-5,8-9H,6-7H2,1-2H3,(H2,14,15,18)/t9-/m0/s1. The molecule has 1 atom stereocenters. The van der Waals surface area contributed by atoms with Gasteiger partial charge in [0.05, 0.1) is 5.75 Å². The fourth-order valence-electron chi connectivity index (χ4n) is 1.42. The Labute approximate surface area is 124 Å². The van der Waals surface area contributed by atoms with Crippen molar-refractivity contribution in [1.82, 2.24) is 5.32 Å². The molecular weight excluding hydrogens is 304 g/mol. The Morgan fingerprint density at radius 2 is 2.16 bits per heavy atom. The van der Waals surface area contributed by atoms with Gasteiger partial charge in [0.25, 0.3) is 0 Å². The average molecular weight is 321 g/mol. The normalized spacial score (nSPS) is 12.8. The number of hydrogen-bond acceptors (Lipinski definition) is 3. The summed E-state index contributed by atoms with van der Waals surface area (Å²) < 4.78 is 22.1. The number of benzene rings is 1. The lowest BCUT2D eigenvalue weighted by Gasteiger charge is -2.16. The lowest BCUT2D eigenvalue weighted by Crippen LogP contribution is -2.36. The minimum Gasteiger partial charge on any atom is -0.360 e. The summed E-state index contributed by atoms with van der Waals surface area (Å²) in [6, 6.07) is 7.18. The molecule has 0 amide bonds. The second-order valence-corrected chi connectivity index (χ2v) is 7.53. The van der Waals surface area contributed by atoms with E-state index >= 15 is 0 Å². The summed E-state index contributed by atoms with van der Waals surface area (Å²) in [5.41, 5.74) is 0.792. The Morgan fingerprint density at radius 1 is 1.47 bits per heavy atom. The summed E-state index contributed by atoms with van der Waals surface area (Å²) in [7, 11) is -2.94. The van der Waals surface area contributed by atoms with Crippen LogP contribution in [0, 0.1) is 0 Å². The topological polar surface area (TPSA) is 58.2 Å². The van der Waals surface area contributed by atoms with Gasteiger partial charge in [0.15, 0.2) is 5.11 Å². The van der Waals surface area contributed by atoms with E-state index in [0.717, 1.165) is 5.69 Å². The van der Waals surface area contributed by atoms with Crippen molar-refractivity contribution in [2.24, 2.45) is 0 Å². The SMILES string of the molecule is C[C@@H](CCS(C)(=O)=O)NC(=S)Nc1cccc(Cl)c1. The molecule has 0 aromatic heterocycles. The van der Waals surface area contributed by atoms with E-state index in [-0.39, 0.29) is 11.8 Å². The maximum atomic E-state index is 11.1. The third kappa shape index (κ3) is 7.34. The van der Waals surface area contributed by atoms with Gasteiger partial charge in [-0.1, -0.05) is 17.7 Å². The van der Waals surface area contributed by atoms with Gasteiger partial charge in [0.1, 0.15) is 9.84 Å². The molecule has 106 valence electrons. The molecule has 0 unspecified atom stereocenters. The van der Waals surface area contributed by atoms with Crippen molar-refractivity contribution in [3.05, 3.63) is 29.3 Å². The van der Waals surface area contributed by atoms with Gasteiger partial charge in [-0.15, -0.1) is 0 Å². The number of halogens is 1. The molecule has 1 rings (SSSR count). The lowest BCUT2D eigenvalue weighted by atomic mass is 10.3. The summed E-state index contributed by atoms with van der Waals surface area (Å²) in [6.45, 7) is 1.89. The van der Waals surface area contributed by atoms with Crippen molar-refractivity contribution in [2.75, 3.05) is 17.3 Å². The van der Waals surface area contributed by atoms with E-state index in [1.807, 2.05) is 19.1 Å². The first kappa shape index (κ1) is 16.2. The van der Waals surface area contributed by atoms with E-state index in [0.29, 0.717) is 16.6 Å². The van der Waals surface area contributed by atoms with E-state index in [1.54, 1.807) is 12.1 Å². The Kier molecular flexibility index (Phi) is 6.03. The van der Waals surface area contributed by atoms with Crippen LogP contribution in [-0.4, -0.2) is 31.6 Å². The van der Waals surface area contributed by atoms with E-state index in [1.165, 1.54) is 6.26 Å². The molecular formula is C12H17ClN2O2S2. The van der Waals surface area contributed by atoms with Crippen molar-refractivity contribution >= 4 is 44.5 Å². The number of hydrogen-bond donors (Lipinski definition) is 2. The van der Waals surface area contributed by atoms with Crippen LogP contribution in [-0.2, 0) is 9.84 Å². The third-order valence-electron chi connectivity index (χ3n) is 2.38. The first-order chi connectivity index (χ1) is 8.76. The van der Waals surface area contributed by atoms with Crippen molar-refractivity contribution in [3.63, 3.8) is 0 Å². The summed E-state index contributed by atoms with van der Waals surface area (Å²) in [5, 5.41) is 7.10. The van der Waals surface area contributed by atoms with Gasteiger partial charge in [-0.05, 0) is 43.8 Å². The van der Waals surface area contributed by atoms with Gasteiger partial charge < -0.3 is 10.6 Å². The summed E-state index contributed by atoms with van der Waals surface area (Å²) in [6.07, 6.45) is 1.73. The number of anilines is 1. The van der Waals surface area contributed by atoms with Crippen LogP contribution in [0.15, 0.2) is 24.3 Å². The van der Waals surface area contributed by atoms with Crippen LogP contribution in [0.25, 0.3) is 0 Å². The fourth-order valence-corrected chi connectivity index (χ4v) is 2.71. The molecule has 0 heterocycles. The van der Waals surface area contributed by atoms with Crippen LogP contribution in [0.4, 0.5) is 5.69 Å². The van der Waals surface area contributed by atoms with Gasteiger partial charge in [-0.2, -0.15) is 0 Å². The average Bonchev–Trinajstić information content (AvgIpc) is 2.25. The molecule has 2 N–H and O–H groups in total. The van der Waals surface area contributed by atoms with Gasteiger partial charge in [0.2, 0.25) is 0 Å². The monoisotopic (exact) mass is 320 g/mol. The Balaban J connectivity index is 2.43. The van der Waals surface area contributed by atoms with Crippen molar-refractivity contribution in [2.45, 2.75) is 19.4 Å². The second kappa shape index (κ2) is 7.07. The molecule has 0 bridgehead atoms. The van der Waals surface area contributed by atoms with Crippen LogP contribution in [0.5, 0.6) is 0 Å². The zero-order valence-electron chi connectivity index (χ0n) is 10.8. The van der Waals surface area contributed by atoms with Crippen LogP contribution in [0.2, 0.25) is 5.02 Å². The van der Waals surface area contributed by atoms with Crippen LogP contribution in [0.1, 0.15) is 13.3 Å². The van der Waals surface area contributed by atoms with Gasteiger partial charge >= 0.3 is 0 Å². The molecule has 0 radical (unpaired) electrons. The molecule has 4 nitrogen and oxygen atoms in total. The maximum absolute atomic E-state index is 11.1. The summed E-state index contributed by atoms with van der Waals surface area (Å²) >= 11 is 11.0. The molecule has 0 spiro atoms. The highest BCUT2D eigenvalue weighted by atomic mass is 35.5. The molecule has 0 aliphatic carbocycles. The van der Waals surface area contributed by atoms with Crippen molar-refractivity contribution in [3.8, 4) is 0 Å². The van der Waals surface area contributed by atoms with E-state index < -0.39 is 9.84 Å². The first-order valence-electron chi connectivity index (χ1n) is 5.77. The Bertz CT molecular complexity index is 546. The largest absolute Gasteiger partial charge is 0.360 e. The number of thiocarbonyl (C=S) groups is 1. The van der Waals surface area contributed by atoms with Crippen LogP contribution < -0.4 is 10.6 Å². The fraction of sp³-hybridized carbons (Fsp3) is 0.417. The minimum absolute atomic E-state index is 0.0195. The highest BCUT2D eigenvalue weighted by Gasteiger charge is 2.09. The molecule has 0 saturated heterocycles. The Hall–Kier alpha value is -0.850. The minimum atomic E-state index is -2.94. The predicted octanol–water partition coefficient (Wildman–Crippen LogP) is 2.45. The highest BCUT2D eigenvalue weighted by Crippen LogP contribution is 2.14. The van der Waals surface area contributed by atoms with E-state index in [9.17, 15) is 8.42 Å².